The van der Waals surface area contributed by atoms with Crippen LogP contribution in [0.25, 0.3) is 11.1 Å². The van der Waals surface area contributed by atoms with Crippen molar-refractivity contribution in [3.8, 4) is 11.1 Å². The highest BCUT2D eigenvalue weighted by Crippen LogP contribution is 2.31. The molecule has 21 heavy (non-hydrogen) atoms. The fourth-order valence-corrected chi connectivity index (χ4v) is 1.97. The zero-order valence-corrected chi connectivity index (χ0v) is 11.1. The second-order valence-corrected chi connectivity index (χ2v) is 4.43. The first-order valence-electron chi connectivity index (χ1n) is 6.03. The summed E-state index contributed by atoms with van der Waals surface area (Å²) in [5, 5.41) is 20.0. The molecular formula is C15H11NO5. The zero-order chi connectivity index (χ0) is 15.6. The highest BCUT2D eigenvalue weighted by molar-refractivity contribution is 5.96. The average Bonchev–Trinajstić information content (AvgIpc) is 2.46. The molecular weight excluding hydrogens is 274 g/mol. The number of carboxylic acid groups (broad SMARTS) is 1. The first-order chi connectivity index (χ1) is 9.90. The number of ketones is 1. The topological polar surface area (TPSA) is 97.5 Å². The van der Waals surface area contributed by atoms with Crippen LogP contribution in [0, 0.1) is 10.1 Å². The number of Topliss-reactive ketones (excluding diaryl/α,β-unsaturated/α-hetero) is 1. The van der Waals surface area contributed by atoms with E-state index in [0.717, 1.165) is 6.07 Å². The Balaban J connectivity index is 2.63. The van der Waals surface area contributed by atoms with Gasteiger partial charge in [0.05, 0.1) is 16.1 Å². The van der Waals surface area contributed by atoms with Gasteiger partial charge in [0.15, 0.2) is 5.78 Å². The third-order valence-corrected chi connectivity index (χ3v) is 3.02. The Morgan fingerprint density at radius 2 is 1.81 bits per heavy atom. The molecule has 2 aromatic carbocycles. The number of benzene rings is 2. The second kappa shape index (κ2) is 5.54. The van der Waals surface area contributed by atoms with Gasteiger partial charge in [0, 0.05) is 11.6 Å². The molecule has 2 rings (SSSR count). The Morgan fingerprint density at radius 1 is 1.10 bits per heavy atom. The fraction of sp³-hybridized carbons (Fsp3) is 0.0667. The molecule has 1 N–H and O–H groups in total. The van der Waals surface area contributed by atoms with Crippen molar-refractivity contribution in [2.75, 3.05) is 0 Å². The van der Waals surface area contributed by atoms with Crippen molar-refractivity contribution in [2.24, 2.45) is 0 Å². The molecule has 0 aliphatic rings. The molecule has 0 fully saturated rings. The van der Waals surface area contributed by atoms with E-state index in [1.807, 2.05) is 0 Å². The van der Waals surface area contributed by atoms with E-state index in [-0.39, 0.29) is 22.6 Å². The number of carbonyl (C=O) groups excluding carboxylic acids is 1. The summed E-state index contributed by atoms with van der Waals surface area (Å²) < 4.78 is 0. The van der Waals surface area contributed by atoms with Crippen LogP contribution in [0.15, 0.2) is 42.5 Å². The lowest BCUT2D eigenvalue weighted by molar-refractivity contribution is -0.384. The summed E-state index contributed by atoms with van der Waals surface area (Å²) in [5.74, 6) is -1.39. The predicted molar refractivity (Wildman–Crippen MR) is 75.5 cm³/mol. The molecule has 0 aliphatic carbocycles. The first kappa shape index (κ1) is 14.4. The molecule has 0 amide bonds. The first-order valence-corrected chi connectivity index (χ1v) is 6.03. The maximum absolute atomic E-state index is 11.4. The predicted octanol–water partition coefficient (Wildman–Crippen LogP) is 3.16. The molecule has 0 atom stereocenters. The van der Waals surface area contributed by atoms with E-state index in [1.54, 1.807) is 24.3 Å². The number of aromatic carboxylic acids is 1. The van der Waals surface area contributed by atoms with Crippen LogP contribution in [0.5, 0.6) is 0 Å². The van der Waals surface area contributed by atoms with Crippen LogP contribution in [-0.4, -0.2) is 21.8 Å². The maximum Gasteiger partial charge on any atom is 0.335 e. The van der Waals surface area contributed by atoms with Crippen LogP contribution >= 0.6 is 0 Å². The van der Waals surface area contributed by atoms with Crippen molar-refractivity contribution in [3.05, 3.63) is 63.7 Å². The number of carbonyl (C=O) groups is 2. The average molecular weight is 285 g/mol. The molecule has 0 spiro atoms. The van der Waals surface area contributed by atoms with E-state index in [4.69, 9.17) is 5.11 Å². The molecule has 0 saturated heterocycles. The van der Waals surface area contributed by atoms with Gasteiger partial charge in [0.1, 0.15) is 0 Å². The van der Waals surface area contributed by atoms with E-state index in [0.29, 0.717) is 11.1 Å². The number of rotatable bonds is 4. The summed E-state index contributed by atoms with van der Waals surface area (Å²) in [6.45, 7) is 1.40. The molecule has 6 heteroatoms. The minimum Gasteiger partial charge on any atom is -0.478 e. The highest BCUT2D eigenvalue weighted by atomic mass is 16.6. The van der Waals surface area contributed by atoms with Gasteiger partial charge in [-0.15, -0.1) is 0 Å². The van der Waals surface area contributed by atoms with Crippen molar-refractivity contribution in [3.63, 3.8) is 0 Å². The summed E-state index contributed by atoms with van der Waals surface area (Å²) in [7, 11) is 0. The van der Waals surface area contributed by atoms with E-state index in [2.05, 4.69) is 0 Å². The standard InChI is InChI=1S/C15H11NO5/c1-9(17)10-3-2-4-11(7-10)13-6-5-12(15(18)19)8-14(13)16(20)21/h2-8H,1H3,(H,18,19). The summed E-state index contributed by atoms with van der Waals surface area (Å²) in [6, 6.07) is 10.1. The van der Waals surface area contributed by atoms with Gasteiger partial charge in [-0.3, -0.25) is 14.9 Å². The Hall–Kier alpha value is -3.02. The Labute approximate surface area is 119 Å². The van der Waals surface area contributed by atoms with Crippen LogP contribution in [0.2, 0.25) is 0 Å². The molecule has 6 nitrogen and oxygen atoms in total. The van der Waals surface area contributed by atoms with Crippen molar-refractivity contribution >= 4 is 17.4 Å². The minimum atomic E-state index is -1.23. The van der Waals surface area contributed by atoms with Crippen molar-refractivity contribution in [1.29, 1.82) is 0 Å². The zero-order valence-electron chi connectivity index (χ0n) is 11.1. The van der Waals surface area contributed by atoms with E-state index < -0.39 is 10.9 Å². The normalized spacial score (nSPS) is 10.1. The molecule has 0 aliphatic heterocycles. The van der Waals surface area contributed by atoms with Gasteiger partial charge >= 0.3 is 5.97 Å². The number of nitro groups is 1. The summed E-state index contributed by atoms with van der Waals surface area (Å²) in [4.78, 5) is 32.8. The number of hydrogen-bond acceptors (Lipinski definition) is 4. The van der Waals surface area contributed by atoms with Gasteiger partial charge < -0.3 is 5.11 Å². The highest BCUT2D eigenvalue weighted by Gasteiger charge is 2.18. The van der Waals surface area contributed by atoms with Crippen molar-refractivity contribution in [1.82, 2.24) is 0 Å². The number of nitrogens with zero attached hydrogens (tertiary/aromatic N) is 1. The largest absolute Gasteiger partial charge is 0.478 e. The number of carboxylic acids is 1. The smallest absolute Gasteiger partial charge is 0.335 e. The van der Waals surface area contributed by atoms with Crippen LogP contribution in [-0.2, 0) is 0 Å². The molecule has 0 unspecified atom stereocenters. The summed E-state index contributed by atoms with van der Waals surface area (Å²) in [6.07, 6.45) is 0. The van der Waals surface area contributed by atoms with E-state index in [1.165, 1.54) is 19.1 Å². The molecule has 0 heterocycles. The van der Waals surface area contributed by atoms with E-state index >= 15 is 0 Å². The van der Waals surface area contributed by atoms with Crippen LogP contribution in [0.1, 0.15) is 27.6 Å². The third-order valence-electron chi connectivity index (χ3n) is 3.02. The third kappa shape index (κ3) is 2.94. The summed E-state index contributed by atoms with van der Waals surface area (Å²) >= 11 is 0. The van der Waals surface area contributed by atoms with Crippen LogP contribution in [0.4, 0.5) is 5.69 Å². The van der Waals surface area contributed by atoms with Gasteiger partial charge in [-0.1, -0.05) is 18.2 Å². The Bertz CT molecular complexity index is 751. The van der Waals surface area contributed by atoms with Crippen LogP contribution in [0.3, 0.4) is 0 Å². The molecule has 106 valence electrons. The van der Waals surface area contributed by atoms with Gasteiger partial charge in [0.25, 0.3) is 5.69 Å². The van der Waals surface area contributed by atoms with Crippen molar-refractivity contribution < 1.29 is 19.6 Å². The minimum absolute atomic E-state index is 0.151. The molecule has 2 aromatic rings. The Morgan fingerprint density at radius 3 is 2.38 bits per heavy atom. The monoisotopic (exact) mass is 285 g/mol. The second-order valence-electron chi connectivity index (χ2n) is 4.43. The van der Waals surface area contributed by atoms with Gasteiger partial charge in [-0.05, 0) is 30.7 Å². The molecule has 0 bridgehead atoms. The quantitative estimate of drug-likeness (QED) is 0.528. The van der Waals surface area contributed by atoms with Crippen LogP contribution < -0.4 is 0 Å². The van der Waals surface area contributed by atoms with Crippen molar-refractivity contribution in [2.45, 2.75) is 6.92 Å². The number of nitro benzene ring substituents is 1. The lowest BCUT2D eigenvalue weighted by Gasteiger charge is -2.06. The molecule has 0 radical (unpaired) electrons. The summed E-state index contributed by atoms with van der Waals surface area (Å²) in [5.41, 5.74) is 0.729. The molecule has 0 saturated carbocycles. The molecule has 0 aromatic heterocycles. The van der Waals surface area contributed by atoms with Gasteiger partial charge in [-0.25, -0.2) is 4.79 Å². The SMILES string of the molecule is CC(=O)c1cccc(-c2ccc(C(=O)O)cc2[N+](=O)[O-])c1. The van der Waals surface area contributed by atoms with Gasteiger partial charge in [-0.2, -0.15) is 0 Å². The fourth-order valence-electron chi connectivity index (χ4n) is 1.97. The van der Waals surface area contributed by atoms with Gasteiger partial charge in [0.2, 0.25) is 0 Å². The lowest BCUT2D eigenvalue weighted by Crippen LogP contribution is -2.00. The van der Waals surface area contributed by atoms with E-state index in [9.17, 15) is 19.7 Å². The Kier molecular flexibility index (Phi) is 3.80. The number of hydrogen-bond donors (Lipinski definition) is 1. The maximum atomic E-state index is 11.4. The lowest BCUT2D eigenvalue weighted by atomic mass is 9.99.